The lowest BCUT2D eigenvalue weighted by molar-refractivity contribution is 0.00989. The number of ether oxygens (including phenoxy) is 2. The maximum atomic E-state index is 5.35. The van der Waals surface area contributed by atoms with E-state index in [4.69, 9.17) is 9.47 Å². The summed E-state index contributed by atoms with van der Waals surface area (Å²) in [6.45, 7) is 3.46. The van der Waals surface area contributed by atoms with Crippen LogP contribution in [-0.4, -0.2) is 32.2 Å². The van der Waals surface area contributed by atoms with Crippen molar-refractivity contribution < 1.29 is 9.47 Å². The average molecular weight is 164 g/mol. The van der Waals surface area contributed by atoms with Crippen LogP contribution in [-0.2, 0) is 9.47 Å². The van der Waals surface area contributed by atoms with E-state index in [1.165, 1.54) is 0 Å². The summed E-state index contributed by atoms with van der Waals surface area (Å²) in [7, 11) is 1.68. The maximum Gasteiger partial charge on any atom is 0.0780 e. The predicted molar refractivity (Wildman–Crippen MR) is 45.8 cm³/mol. The van der Waals surface area contributed by atoms with Gasteiger partial charge in [0.15, 0.2) is 0 Å². The second-order valence-electron chi connectivity index (χ2n) is 2.21. The molecule has 0 aliphatic carbocycles. The van der Waals surface area contributed by atoms with Gasteiger partial charge < -0.3 is 9.47 Å². The van der Waals surface area contributed by atoms with Crippen LogP contribution in [0.1, 0.15) is 13.3 Å². The van der Waals surface area contributed by atoms with Gasteiger partial charge in [0.2, 0.25) is 0 Å². The van der Waals surface area contributed by atoms with Gasteiger partial charge in [0, 0.05) is 13.7 Å². The molecule has 0 amide bonds. The molecule has 0 bridgehead atoms. The molecule has 10 heavy (non-hydrogen) atoms. The molecule has 0 aromatic rings. The SMILES string of the molecule is COCC(C)OCCCS. The number of thiol groups is 1. The summed E-state index contributed by atoms with van der Waals surface area (Å²) in [5.74, 6) is 0.889. The van der Waals surface area contributed by atoms with Crippen LogP contribution in [0.5, 0.6) is 0 Å². The normalized spacial score (nSPS) is 13.5. The summed E-state index contributed by atoms with van der Waals surface area (Å²) in [5, 5.41) is 0. The minimum atomic E-state index is 0.213. The van der Waals surface area contributed by atoms with Gasteiger partial charge in [-0.05, 0) is 19.1 Å². The molecular formula is C7H16O2S. The van der Waals surface area contributed by atoms with Crippen LogP contribution < -0.4 is 0 Å². The fraction of sp³-hybridized carbons (Fsp3) is 1.00. The van der Waals surface area contributed by atoms with Crippen LogP contribution >= 0.6 is 12.6 Å². The molecule has 0 radical (unpaired) electrons. The van der Waals surface area contributed by atoms with E-state index in [2.05, 4.69) is 12.6 Å². The minimum Gasteiger partial charge on any atom is -0.382 e. The van der Waals surface area contributed by atoms with E-state index >= 15 is 0 Å². The molecule has 1 atom stereocenters. The van der Waals surface area contributed by atoms with Crippen LogP contribution in [0.25, 0.3) is 0 Å². The number of rotatable bonds is 6. The molecule has 0 rings (SSSR count). The van der Waals surface area contributed by atoms with E-state index < -0.39 is 0 Å². The number of hydrogen-bond acceptors (Lipinski definition) is 3. The van der Waals surface area contributed by atoms with Crippen molar-refractivity contribution in [1.29, 1.82) is 0 Å². The molecule has 0 saturated heterocycles. The van der Waals surface area contributed by atoms with Crippen molar-refractivity contribution >= 4 is 12.6 Å². The quantitative estimate of drug-likeness (QED) is 0.472. The molecule has 62 valence electrons. The summed E-state index contributed by atoms with van der Waals surface area (Å²) in [5.41, 5.74) is 0. The molecular weight excluding hydrogens is 148 g/mol. The topological polar surface area (TPSA) is 18.5 Å². The Morgan fingerprint density at radius 3 is 2.70 bits per heavy atom. The number of methoxy groups -OCH3 is 1. The van der Waals surface area contributed by atoms with Crippen LogP contribution in [0, 0.1) is 0 Å². The first-order valence-electron chi connectivity index (χ1n) is 3.52. The van der Waals surface area contributed by atoms with Gasteiger partial charge in [-0.25, -0.2) is 0 Å². The summed E-state index contributed by atoms with van der Waals surface area (Å²) in [6.07, 6.45) is 1.22. The van der Waals surface area contributed by atoms with Gasteiger partial charge in [0.1, 0.15) is 0 Å². The van der Waals surface area contributed by atoms with Gasteiger partial charge in [-0.2, -0.15) is 12.6 Å². The van der Waals surface area contributed by atoms with Gasteiger partial charge in [-0.1, -0.05) is 0 Å². The third kappa shape index (κ3) is 6.39. The smallest absolute Gasteiger partial charge is 0.0780 e. The lowest BCUT2D eigenvalue weighted by Gasteiger charge is -2.10. The molecule has 0 fully saturated rings. The van der Waals surface area contributed by atoms with Crippen molar-refractivity contribution in [3.63, 3.8) is 0 Å². The first-order chi connectivity index (χ1) is 4.81. The molecule has 0 saturated carbocycles. The summed E-state index contributed by atoms with van der Waals surface area (Å²) in [6, 6.07) is 0. The highest BCUT2D eigenvalue weighted by molar-refractivity contribution is 7.80. The van der Waals surface area contributed by atoms with Gasteiger partial charge >= 0.3 is 0 Å². The molecule has 2 nitrogen and oxygen atoms in total. The highest BCUT2D eigenvalue weighted by Crippen LogP contribution is 1.93. The first kappa shape index (κ1) is 10.3. The molecule has 1 unspecified atom stereocenters. The second kappa shape index (κ2) is 7.38. The number of hydrogen-bond donors (Lipinski definition) is 1. The Morgan fingerprint density at radius 1 is 1.50 bits per heavy atom. The lowest BCUT2D eigenvalue weighted by Crippen LogP contribution is -2.15. The van der Waals surface area contributed by atoms with E-state index in [1.54, 1.807) is 7.11 Å². The Labute approximate surface area is 68.3 Å². The third-order valence-electron chi connectivity index (χ3n) is 1.11. The fourth-order valence-corrected chi connectivity index (χ4v) is 0.761. The highest BCUT2D eigenvalue weighted by Gasteiger charge is 1.98. The Bertz CT molecular complexity index is 68.6. The molecule has 3 heteroatoms. The lowest BCUT2D eigenvalue weighted by atomic mass is 10.4. The van der Waals surface area contributed by atoms with Crippen LogP contribution in [0.4, 0.5) is 0 Å². The van der Waals surface area contributed by atoms with E-state index in [0.717, 1.165) is 18.8 Å². The van der Waals surface area contributed by atoms with Crippen molar-refractivity contribution in [2.45, 2.75) is 19.4 Å². The monoisotopic (exact) mass is 164 g/mol. The van der Waals surface area contributed by atoms with Crippen molar-refractivity contribution in [1.82, 2.24) is 0 Å². The van der Waals surface area contributed by atoms with E-state index in [-0.39, 0.29) is 6.10 Å². The standard InChI is InChI=1S/C7H16O2S/c1-7(6-8-2)9-4-3-5-10/h7,10H,3-6H2,1-2H3. The fourth-order valence-electron chi connectivity index (χ4n) is 0.632. The van der Waals surface area contributed by atoms with Gasteiger partial charge in [0.25, 0.3) is 0 Å². The molecule has 0 aromatic heterocycles. The highest BCUT2D eigenvalue weighted by atomic mass is 32.1. The average Bonchev–Trinajstić information content (AvgIpc) is 1.89. The van der Waals surface area contributed by atoms with E-state index in [0.29, 0.717) is 6.61 Å². The Hall–Kier alpha value is 0.270. The van der Waals surface area contributed by atoms with Crippen molar-refractivity contribution in [3.05, 3.63) is 0 Å². The molecule has 0 aromatic carbocycles. The van der Waals surface area contributed by atoms with Gasteiger partial charge in [-0.3, -0.25) is 0 Å². The van der Waals surface area contributed by atoms with Gasteiger partial charge in [-0.15, -0.1) is 0 Å². The molecule has 0 heterocycles. The zero-order chi connectivity index (χ0) is 7.82. The van der Waals surface area contributed by atoms with Crippen LogP contribution in [0.15, 0.2) is 0 Å². The Kier molecular flexibility index (Phi) is 7.58. The largest absolute Gasteiger partial charge is 0.382 e. The summed E-state index contributed by atoms with van der Waals surface area (Å²) < 4.78 is 10.2. The maximum absolute atomic E-state index is 5.35. The van der Waals surface area contributed by atoms with Crippen molar-refractivity contribution in [3.8, 4) is 0 Å². The molecule has 0 aliphatic heterocycles. The molecule has 0 spiro atoms. The zero-order valence-electron chi connectivity index (χ0n) is 6.67. The summed E-state index contributed by atoms with van der Waals surface area (Å²) in [4.78, 5) is 0. The van der Waals surface area contributed by atoms with Crippen LogP contribution in [0.2, 0.25) is 0 Å². The van der Waals surface area contributed by atoms with Crippen molar-refractivity contribution in [2.75, 3.05) is 26.1 Å². The van der Waals surface area contributed by atoms with Crippen molar-refractivity contribution in [2.24, 2.45) is 0 Å². The molecule has 0 N–H and O–H groups in total. The van der Waals surface area contributed by atoms with E-state index in [9.17, 15) is 0 Å². The van der Waals surface area contributed by atoms with E-state index in [1.807, 2.05) is 6.92 Å². The first-order valence-corrected chi connectivity index (χ1v) is 4.16. The predicted octanol–water partition coefficient (Wildman–Crippen LogP) is 1.36. The third-order valence-corrected chi connectivity index (χ3v) is 1.42. The molecule has 0 aliphatic rings. The Morgan fingerprint density at radius 2 is 2.20 bits per heavy atom. The van der Waals surface area contributed by atoms with Crippen LogP contribution in [0.3, 0.4) is 0 Å². The zero-order valence-corrected chi connectivity index (χ0v) is 7.56. The summed E-state index contributed by atoms with van der Waals surface area (Å²) >= 11 is 4.06. The Balaban J connectivity index is 2.97. The second-order valence-corrected chi connectivity index (χ2v) is 2.66. The van der Waals surface area contributed by atoms with Gasteiger partial charge in [0.05, 0.1) is 12.7 Å². The minimum absolute atomic E-state index is 0.213.